The zero-order valence-corrected chi connectivity index (χ0v) is 15.8. The van der Waals surface area contributed by atoms with Crippen LogP contribution in [0.15, 0.2) is 41.3 Å². The van der Waals surface area contributed by atoms with Crippen molar-refractivity contribution in [3.63, 3.8) is 0 Å². The third-order valence-corrected chi connectivity index (χ3v) is 5.98. The summed E-state index contributed by atoms with van der Waals surface area (Å²) in [7, 11) is -1.98. The fourth-order valence-electron chi connectivity index (χ4n) is 2.33. The SMILES string of the molecule is CCS(=O)(=O)c1ccc(-c2c(OCC(=O)OC)ccc(Cl)c2C)cc1. The molecule has 0 saturated heterocycles. The van der Waals surface area contributed by atoms with Crippen molar-refractivity contribution in [1.29, 1.82) is 0 Å². The van der Waals surface area contributed by atoms with Gasteiger partial charge in [0.2, 0.25) is 0 Å². The first kappa shape index (κ1) is 19.3. The van der Waals surface area contributed by atoms with E-state index in [2.05, 4.69) is 4.74 Å². The topological polar surface area (TPSA) is 69.7 Å². The van der Waals surface area contributed by atoms with Crippen LogP contribution < -0.4 is 4.74 Å². The highest BCUT2D eigenvalue weighted by atomic mass is 35.5. The van der Waals surface area contributed by atoms with Gasteiger partial charge in [0, 0.05) is 10.6 Å². The second-order valence-corrected chi connectivity index (χ2v) is 8.02. The maximum Gasteiger partial charge on any atom is 0.343 e. The fraction of sp³-hybridized carbons (Fsp3) is 0.278. The Morgan fingerprint density at radius 3 is 2.32 bits per heavy atom. The van der Waals surface area contributed by atoms with Gasteiger partial charge in [-0.3, -0.25) is 0 Å². The second-order valence-electron chi connectivity index (χ2n) is 5.34. The van der Waals surface area contributed by atoms with Crippen molar-refractivity contribution in [3.8, 4) is 16.9 Å². The first-order valence-electron chi connectivity index (χ1n) is 7.62. The number of hydrogen-bond donors (Lipinski definition) is 0. The third-order valence-electron chi connectivity index (χ3n) is 3.82. The molecule has 0 fully saturated rings. The summed E-state index contributed by atoms with van der Waals surface area (Å²) in [5, 5.41) is 0.547. The lowest BCUT2D eigenvalue weighted by atomic mass is 9.99. The molecule has 0 amide bonds. The van der Waals surface area contributed by atoms with Gasteiger partial charge in [-0.2, -0.15) is 0 Å². The van der Waals surface area contributed by atoms with Gasteiger partial charge in [-0.25, -0.2) is 13.2 Å². The molecule has 0 unspecified atom stereocenters. The van der Waals surface area contributed by atoms with Gasteiger partial charge >= 0.3 is 5.97 Å². The first-order chi connectivity index (χ1) is 11.8. The van der Waals surface area contributed by atoms with Crippen LogP contribution in [0.3, 0.4) is 0 Å². The number of benzene rings is 2. The zero-order chi connectivity index (χ0) is 18.6. The minimum absolute atomic E-state index is 0.0377. The number of ether oxygens (including phenoxy) is 2. The summed E-state index contributed by atoms with van der Waals surface area (Å²) in [6, 6.07) is 9.86. The quantitative estimate of drug-likeness (QED) is 0.713. The predicted octanol–water partition coefficient (Wildman–Crippen LogP) is 3.66. The molecule has 2 rings (SSSR count). The Balaban J connectivity index is 2.46. The van der Waals surface area contributed by atoms with Crippen LogP contribution in [-0.2, 0) is 19.4 Å². The molecule has 0 atom stereocenters. The summed E-state index contributed by atoms with van der Waals surface area (Å²) in [6.45, 7) is 3.20. The van der Waals surface area contributed by atoms with Crippen molar-refractivity contribution in [2.75, 3.05) is 19.5 Å². The van der Waals surface area contributed by atoms with Crippen LogP contribution >= 0.6 is 11.6 Å². The maximum atomic E-state index is 12.0. The lowest BCUT2D eigenvalue weighted by Gasteiger charge is -2.15. The van der Waals surface area contributed by atoms with E-state index in [1.165, 1.54) is 7.11 Å². The molecule has 0 radical (unpaired) electrons. The summed E-state index contributed by atoms with van der Waals surface area (Å²) in [5.74, 6) is 0.0112. The van der Waals surface area contributed by atoms with Crippen LogP contribution in [0.2, 0.25) is 5.02 Å². The van der Waals surface area contributed by atoms with Crippen LogP contribution in [0.4, 0.5) is 0 Å². The molecule has 25 heavy (non-hydrogen) atoms. The average Bonchev–Trinajstić information content (AvgIpc) is 2.62. The van der Waals surface area contributed by atoms with Crippen LogP contribution in [0, 0.1) is 6.92 Å². The van der Waals surface area contributed by atoms with Crippen LogP contribution in [-0.4, -0.2) is 33.9 Å². The van der Waals surface area contributed by atoms with Crippen LogP contribution in [0.5, 0.6) is 5.75 Å². The number of carbonyl (C=O) groups is 1. The monoisotopic (exact) mass is 382 g/mol. The van der Waals surface area contributed by atoms with Gasteiger partial charge < -0.3 is 9.47 Å². The van der Waals surface area contributed by atoms with Gasteiger partial charge in [-0.15, -0.1) is 0 Å². The molecule has 7 heteroatoms. The Labute approximate surface area is 152 Å². The Hall–Kier alpha value is -2.05. The van der Waals surface area contributed by atoms with Crippen molar-refractivity contribution < 1.29 is 22.7 Å². The molecule has 5 nitrogen and oxygen atoms in total. The molecule has 0 saturated carbocycles. The molecular weight excluding hydrogens is 364 g/mol. The number of rotatable bonds is 6. The van der Waals surface area contributed by atoms with Gasteiger partial charge in [-0.1, -0.05) is 30.7 Å². The molecule has 0 heterocycles. The van der Waals surface area contributed by atoms with Crippen molar-refractivity contribution in [2.24, 2.45) is 0 Å². The van der Waals surface area contributed by atoms with E-state index in [0.717, 1.165) is 11.1 Å². The number of sulfone groups is 1. The second kappa shape index (κ2) is 7.89. The molecule has 2 aromatic carbocycles. The summed E-state index contributed by atoms with van der Waals surface area (Å²) >= 11 is 6.21. The smallest absolute Gasteiger partial charge is 0.343 e. The molecule has 0 spiro atoms. The number of halogens is 1. The van der Waals surface area contributed by atoms with E-state index in [4.69, 9.17) is 16.3 Å². The normalized spacial score (nSPS) is 11.2. The van der Waals surface area contributed by atoms with Gasteiger partial charge in [-0.05, 0) is 42.3 Å². The molecule has 0 aromatic heterocycles. The standard InChI is InChI=1S/C18H19ClO5S/c1-4-25(21,22)14-7-5-13(6-8-14)18-12(2)15(19)9-10-16(18)24-11-17(20)23-3/h5-10H,4,11H2,1-3H3. The van der Waals surface area contributed by atoms with Gasteiger partial charge in [0.05, 0.1) is 17.8 Å². The summed E-state index contributed by atoms with van der Waals surface area (Å²) in [5.41, 5.74) is 2.22. The Morgan fingerprint density at radius 2 is 1.76 bits per heavy atom. The Morgan fingerprint density at radius 1 is 1.12 bits per heavy atom. The number of hydrogen-bond acceptors (Lipinski definition) is 5. The molecule has 0 aliphatic rings. The van der Waals surface area contributed by atoms with E-state index in [0.29, 0.717) is 16.3 Å². The number of carbonyl (C=O) groups excluding carboxylic acids is 1. The van der Waals surface area contributed by atoms with Crippen molar-refractivity contribution in [2.45, 2.75) is 18.7 Å². The van der Waals surface area contributed by atoms with Gasteiger partial charge in [0.1, 0.15) is 5.75 Å². The van der Waals surface area contributed by atoms with E-state index < -0.39 is 15.8 Å². The lowest BCUT2D eigenvalue weighted by molar-refractivity contribution is -0.142. The largest absolute Gasteiger partial charge is 0.481 e. The maximum absolute atomic E-state index is 12.0. The molecule has 0 aliphatic carbocycles. The first-order valence-corrected chi connectivity index (χ1v) is 9.65. The molecule has 0 bridgehead atoms. The summed E-state index contributed by atoms with van der Waals surface area (Å²) in [4.78, 5) is 11.6. The predicted molar refractivity (Wildman–Crippen MR) is 96.9 cm³/mol. The number of methoxy groups -OCH3 is 1. The van der Waals surface area contributed by atoms with Crippen molar-refractivity contribution in [3.05, 3.63) is 47.0 Å². The minimum Gasteiger partial charge on any atom is -0.481 e. The highest BCUT2D eigenvalue weighted by molar-refractivity contribution is 7.91. The zero-order valence-electron chi connectivity index (χ0n) is 14.2. The van der Waals surface area contributed by atoms with Crippen LogP contribution in [0.25, 0.3) is 11.1 Å². The molecule has 2 aromatic rings. The molecular formula is C18H19ClO5S. The van der Waals surface area contributed by atoms with E-state index in [1.807, 2.05) is 6.92 Å². The highest BCUT2D eigenvalue weighted by Crippen LogP contribution is 2.37. The highest BCUT2D eigenvalue weighted by Gasteiger charge is 2.16. The molecule has 0 aliphatic heterocycles. The van der Waals surface area contributed by atoms with E-state index in [9.17, 15) is 13.2 Å². The minimum atomic E-state index is -3.27. The molecule has 134 valence electrons. The lowest BCUT2D eigenvalue weighted by Crippen LogP contribution is -2.13. The Kier molecular flexibility index (Phi) is 6.08. The summed E-state index contributed by atoms with van der Waals surface area (Å²) in [6.07, 6.45) is 0. The van der Waals surface area contributed by atoms with Gasteiger partial charge in [0.25, 0.3) is 0 Å². The van der Waals surface area contributed by atoms with Crippen molar-refractivity contribution >= 4 is 27.4 Å². The van der Waals surface area contributed by atoms with E-state index >= 15 is 0 Å². The average molecular weight is 383 g/mol. The fourth-order valence-corrected chi connectivity index (χ4v) is 3.37. The third kappa shape index (κ3) is 4.32. The Bertz CT molecular complexity index is 873. The van der Waals surface area contributed by atoms with Crippen LogP contribution in [0.1, 0.15) is 12.5 Å². The molecule has 0 N–H and O–H groups in total. The van der Waals surface area contributed by atoms with Gasteiger partial charge in [0.15, 0.2) is 16.4 Å². The summed E-state index contributed by atoms with van der Waals surface area (Å²) < 4.78 is 34.0. The van der Waals surface area contributed by atoms with E-state index in [1.54, 1.807) is 43.3 Å². The van der Waals surface area contributed by atoms with E-state index in [-0.39, 0.29) is 17.3 Å². The van der Waals surface area contributed by atoms with Crippen molar-refractivity contribution in [1.82, 2.24) is 0 Å². The number of esters is 1.